The van der Waals surface area contributed by atoms with Crippen LogP contribution in [-0.4, -0.2) is 24.4 Å². The van der Waals surface area contributed by atoms with Gasteiger partial charge in [-0.2, -0.15) is 11.3 Å². The molecule has 0 unspecified atom stereocenters. The lowest BCUT2D eigenvalue weighted by atomic mass is 10.1. The van der Waals surface area contributed by atoms with Crippen molar-refractivity contribution in [2.24, 2.45) is 0 Å². The highest BCUT2D eigenvalue weighted by atomic mass is 32.1. The molecule has 4 heteroatoms. The average molecular weight is 288 g/mol. The van der Waals surface area contributed by atoms with Crippen molar-refractivity contribution in [2.45, 2.75) is 20.4 Å². The number of hydrogen-bond acceptors (Lipinski definition) is 3. The summed E-state index contributed by atoms with van der Waals surface area (Å²) in [6.07, 6.45) is 0. The third kappa shape index (κ3) is 3.39. The topological polar surface area (TPSA) is 32.3 Å². The van der Waals surface area contributed by atoms with Gasteiger partial charge in [0.15, 0.2) is 0 Å². The van der Waals surface area contributed by atoms with Crippen LogP contribution in [0.1, 0.15) is 28.4 Å². The van der Waals surface area contributed by atoms with Crippen molar-refractivity contribution < 1.29 is 4.79 Å². The maximum atomic E-state index is 12.4. The Morgan fingerprint density at radius 1 is 1.35 bits per heavy atom. The fourth-order valence-corrected chi connectivity index (χ4v) is 2.79. The average Bonchev–Trinajstić information content (AvgIpc) is 2.93. The zero-order valence-electron chi connectivity index (χ0n) is 12.1. The highest BCUT2D eigenvalue weighted by Crippen LogP contribution is 2.18. The van der Waals surface area contributed by atoms with Gasteiger partial charge in [0, 0.05) is 31.4 Å². The maximum Gasteiger partial charge on any atom is 0.253 e. The first-order valence-corrected chi connectivity index (χ1v) is 7.67. The first-order valence-electron chi connectivity index (χ1n) is 6.73. The van der Waals surface area contributed by atoms with Gasteiger partial charge in [-0.3, -0.25) is 4.79 Å². The van der Waals surface area contributed by atoms with E-state index in [1.54, 1.807) is 16.2 Å². The van der Waals surface area contributed by atoms with Crippen molar-refractivity contribution in [3.63, 3.8) is 0 Å². The third-order valence-corrected chi connectivity index (χ3v) is 3.92. The van der Waals surface area contributed by atoms with Crippen LogP contribution in [0.25, 0.3) is 0 Å². The summed E-state index contributed by atoms with van der Waals surface area (Å²) < 4.78 is 0. The largest absolute Gasteiger partial charge is 0.385 e. The van der Waals surface area contributed by atoms with E-state index >= 15 is 0 Å². The maximum absolute atomic E-state index is 12.4. The molecule has 1 aromatic carbocycles. The molecule has 0 radical (unpaired) electrons. The first kappa shape index (κ1) is 14.6. The lowest BCUT2D eigenvalue weighted by molar-refractivity contribution is 0.0785. The van der Waals surface area contributed by atoms with E-state index in [2.05, 4.69) is 17.6 Å². The molecule has 1 amide bonds. The van der Waals surface area contributed by atoms with Gasteiger partial charge in [0.05, 0.1) is 0 Å². The van der Waals surface area contributed by atoms with Crippen molar-refractivity contribution in [3.8, 4) is 0 Å². The number of thiophene rings is 1. The molecule has 0 aliphatic rings. The molecule has 1 N–H and O–H groups in total. The summed E-state index contributed by atoms with van der Waals surface area (Å²) in [4.78, 5) is 14.2. The van der Waals surface area contributed by atoms with Crippen LogP contribution in [0.4, 0.5) is 5.69 Å². The van der Waals surface area contributed by atoms with E-state index in [0.717, 1.165) is 23.4 Å². The fraction of sp³-hybridized carbons (Fsp3) is 0.312. The Bertz CT molecular complexity index is 578. The van der Waals surface area contributed by atoms with E-state index in [1.807, 2.05) is 43.6 Å². The van der Waals surface area contributed by atoms with Gasteiger partial charge in [-0.25, -0.2) is 0 Å². The van der Waals surface area contributed by atoms with Crippen molar-refractivity contribution in [1.82, 2.24) is 4.90 Å². The monoisotopic (exact) mass is 288 g/mol. The molecule has 20 heavy (non-hydrogen) atoms. The Kier molecular flexibility index (Phi) is 4.79. The molecular formula is C16H20N2OS. The van der Waals surface area contributed by atoms with Crippen LogP contribution >= 0.6 is 11.3 Å². The summed E-state index contributed by atoms with van der Waals surface area (Å²) in [5.74, 6) is 0.0577. The summed E-state index contributed by atoms with van der Waals surface area (Å²) in [7, 11) is 1.84. The fourth-order valence-electron chi connectivity index (χ4n) is 2.13. The number of carbonyl (C=O) groups is 1. The van der Waals surface area contributed by atoms with Gasteiger partial charge in [-0.1, -0.05) is 0 Å². The summed E-state index contributed by atoms with van der Waals surface area (Å²) in [6, 6.07) is 7.86. The minimum absolute atomic E-state index is 0.0577. The van der Waals surface area contributed by atoms with E-state index in [1.165, 1.54) is 5.56 Å². The normalized spacial score (nSPS) is 10.3. The second-order valence-electron chi connectivity index (χ2n) is 4.85. The number of nitrogens with one attached hydrogen (secondary N) is 1. The number of benzene rings is 1. The molecule has 106 valence electrons. The summed E-state index contributed by atoms with van der Waals surface area (Å²) in [5, 5.41) is 7.39. The Balaban J connectivity index is 2.10. The van der Waals surface area contributed by atoms with Crippen LogP contribution < -0.4 is 5.32 Å². The number of aryl methyl sites for hydroxylation is 1. The summed E-state index contributed by atoms with van der Waals surface area (Å²) in [6.45, 7) is 5.61. The van der Waals surface area contributed by atoms with Crippen LogP contribution in [0.15, 0.2) is 35.0 Å². The quantitative estimate of drug-likeness (QED) is 0.908. The van der Waals surface area contributed by atoms with Crippen LogP contribution in [-0.2, 0) is 6.54 Å². The predicted molar refractivity (Wildman–Crippen MR) is 85.5 cm³/mol. The van der Waals surface area contributed by atoms with Gasteiger partial charge in [0.1, 0.15) is 0 Å². The number of nitrogens with zero attached hydrogens (tertiary/aromatic N) is 1. The number of carbonyl (C=O) groups excluding carboxylic acids is 1. The predicted octanol–water partition coefficient (Wildman–Crippen LogP) is 3.76. The summed E-state index contributed by atoms with van der Waals surface area (Å²) in [5.41, 5.74) is 4.10. The van der Waals surface area contributed by atoms with Gasteiger partial charge in [-0.05, 0) is 60.0 Å². The molecule has 1 heterocycles. The van der Waals surface area contributed by atoms with Crippen LogP contribution in [0.2, 0.25) is 0 Å². The Labute approximate surface area is 124 Å². The van der Waals surface area contributed by atoms with E-state index in [0.29, 0.717) is 6.54 Å². The van der Waals surface area contributed by atoms with Gasteiger partial charge in [-0.15, -0.1) is 0 Å². The van der Waals surface area contributed by atoms with Crippen molar-refractivity contribution in [1.29, 1.82) is 0 Å². The Morgan fingerprint density at radius 3 is 2.75 bits per heavy atom. The number of rotatable bonds is 5. The molecule has 0 saturated heterocycles. The zero-order valence-corrected chi connectivity index (χ0v) is 13.0. The van der Waals surface area contributed by atoms with Crippen LogP contribution in [0.3, 0.4) is 0 Å². The van der Waals surface area contributed by atoms with E-state index in [9.17, 15) is 4.79 Å². The molecule has 0 spiro atoms. The number of hydrogen-bond donors (Lipinski definition) is 1. The standard InChI is InChI=1S/C16H20N2OS/c1-4-17-15-6-5-14(9-12(15)2)16(19)18(3)10-13-7-8-20-11-13/h5-9,11,17H,4,10H2,1-3H3. The van der Waals surface area contributed by atoms with E-state index in [-0.39, 0.29) is 5.91 Å². The number of anilines is 1. The lowest BCUT2D eigenvalue weighted by Crippen LogP contribution is -2.26. The molecule has 2 rings (SSSR count). The lowest BCUT2D eigenvalue weighted by Gasteiger charge is -2.17. The minimum atomic E-state index is 0.0577. The van der Waals surface area contributed by atoms with E-state index < -0.39 is 0 Å². The molecule has 0 aliphatic heterocycles. The molecule has 0 aliphatic carbocycles. The number of amides is 1. The molecular weight excluding hydrogens is 268 g/mol. The highest BCUT2D eigenvalue weighted by molar-refractivity contribution is 7.07. The second-order valence-corrected chi connectivity index (χ2v) is 5.63. The second kappa shape index (κ2) is 6.57. The van der Waals surface area contributed by atoms with Crippen molar-refractivity contribution in [2.75, 3.05) is 18.9 Å². The van der Waals surface area contributed by atoms with Gasteiger partial charge in [0.25, 0.3) is 5.91 Å². The molecule has 0 fully saturated rings. The SMILES string of the molecule is CCNc1ccc(C(=O)N(C)Cc2ccsc2)cc1C. The molecule has 0 bridgehead atoms. The molecule has 0 saturated carbocycles. The zero-order chi connectivity index (χ0) is 14.5. The van der Waals surface area contributed by atoms with Crippen LogP contribution in [0.5, 0.6) is 0 Å². The molecule has 3 nitrogen and oxygen atoms in total. The van der Waals surface area contributed by atoms with Gasteiger partial charge in [0.2, 0.25) is 0 Å². The first-order chi connectivity index (χ1) is 9.61. The Morgan fingerprint density at radius 2 is 2.15 bits per heavy atom. The van der Waals surface area contributed by atoms with Gasteiger partial charge >= 0.3 is 0 Å². The Hall–Kier alpha value is -1.81. The minimum Gasteiger partial charge on any atom is -0.385 e. The summed E-state index contributed by atoms with van der Waals surface area (Å²) >= 11 is 1.65. The molecule has 2 aromatic rings. The van der Waals surface area contributed by atoms with Crippen molar-refractivity contribution >= 4 is 22.9 Å². The van der Waals surface area contributed by atoms with E-state index in [4.69, 9.17) is 0 Å². The smallest absolute Gasteiger partial charge is 0.253 e. The van der Waals surface area contributed by atoms with Gasteiger partial charge < -0.3 is 10.2 Å². The van der Waals surface area contributed by atoms with Crippen molar-refractivity contribution in [3.05, 3.63) is 51.7 Å². The van der Waals surface area contributed by atoms with Crippen LogP contribution in [0, 0.1) is 6.92 Å². The highest BCUT2D eigenvalue weighted by Gasteiger charge is 2.13. The third-order valence-electron chi connectivity index (χ3n) is 3.19. The molecule has 0 atom stereocenters. The molecule has 1 aromatic heterocycles.